The molecule has 0 fully saturated rings. The normalized spacial score (nSPS) is 9.83. The van der Waals surface area contributed by atoms with E-state index in [9.17, 15) is 9.59 Å². The molecule has 0 atom stereocenters. The Bertz CT molecular complexity index is 364. The second kappa shape index (κ2) is 8.10. The fourth-order valence-electron chi connectivity index (χ4n) is 1.32. The highest BCUT2D eigenvalue weighted by Crippen LogP contribution is 1.93. The fraction of sp³-hybridized carbons (Fsp3) is 0.545. The number of imidazole rings is 1. The summed E-state index contributed by atoms with van der Waals surface area (Å²) < 4.78 is 4.67. The summed E-state index contributed by atoms with van der Waals surface area (Å²) in [5.74, 6) is 0.451. The predicted molar refractivity (Wildman–Crippen MR) is 64.9 cm³/mol. The summed E-state index contributed by atoms with van der Waals surface area (Å²) >= 11 is 0. The summed E-state index contributed by atoms with van der Waals surface area (Å²) in [5.41, 5.74) is 0. The number of rotatable bonds is 7. The second-order valence-electron chi connectivity index (χ2n) is 3.55. The van der Waals surface area contributed by atoms with E-state index in [2.05, 4.69) is 25.3 Å². The molecular weight excluding hydrogens is 236 g/mol. The van der Waals surface area contributed by atoms with Gasteiger partial charge in [-0.25, -0.2) is 9.78 Å². The van der Waals surface area contributed by atoms with Crippen LogP contribution < -0.4 is 10.6 Å². The van der Waals surface area contributed by atoms with Gasteiger partial charge in [0.05, 0.1) is 6.61 Å². The predicted octanol–water partition coefficient (Wildman–Crippen LogP) is 0.205. The molecule has 18 heavy (non-hydrogen) atoms. The molecule has 0 spiro atoms. The van der Waals surface area contributed by atoms with Crippen molar-refractivity contribution in [2.45, 2.75) is 19.8 Å². The number of aromatic nitrogens is 2. The fourth-order valence-corrected chi connectivity index (χ4v) is 1.32. The average molecular weight is 254 g/mol. The van der Waals surface area contributed by atoms with Crippen LogP contribution in [0.5, 0.6) is 0 Å². The third kappa shape index (κ3) is 5.88. The van der Waals surface area contributed by atoms with Crippen LogP contribution in [-0.2, 0) is 16.0 Å². The lowest BCUT2D eigenvalue weighted by Crippen LogP contribution is -2.39. The topological polar surface area (TPSA) is 96.1 Å². The minimum Gasteiger partial charge on any atom is -0.465 e. The number of aryl methyl sites for hydroxylation is 1. The van der Waals surface area contributed by atoms with E-state index >= 15 is 0 Å². The van der Waals surface area contributed by atoms with E-state index in [1.54, 1.807) is 19.3 Å². The molecule has 0 saturated carbocycles. The number of H-pyrrole nitrogens is 1. The van der Waals surface area contributed by atoms with Gasteiger partial charge in [-0.2, -0.15) is 0 Å². The summed E-state index contributed by atoms with van der Waals surface area (Å²) in [6.07, 6.45) is 5.00. The molecule has 0 saturated heterocycles. The Balaban J connectivity index is 2.01. The number of nitrogens with zero attached hydrogens (tertiary/aromatic N) is 1. The SMILES string of the molecule is CCOC(=O)CNC(=O)NCCCc1ncc[nH]1. The summed E-state index contributed by atoms with van der Waals surface area (Å²) in [6, 6.07) is -0.373. The number of aromatic amines is 1. The largest absolute Gasteiger partial charge is 0.465 e. The van der Waals surface area contributed by atoms with Crippen molar-refractivity contribution in [3.05, 3.63) is 18.2 Å². The van der Waals surface area contributed by atoms with Gasteiger partial charge >= 0.3 is 12.0 Å². The van der Waals surface area contributed by atoms with Crippen LogP contribution in [0.4, 0.5) is 4.79 Å². The van der Waals surface area contributed by atoms with Gasteiger partial charge in [-0.15, -0.1) is 0 Å². The van der Waals surface area contributed by atoms with Crippen LogP contribution in [0.2, 0.25) is 0 Å². The van der Waals surface area contributed by atoms with Gasteiger partial charge in [0.25, 0.3) is 0 Å². The van der Waals surface area contributed by atoms with Crippen LogP contribution in [-0.4, -0.2) is 41.7 Å². The minimum absolute atomic E-state index is 0.113. The molecule has 0 unspecified atom stereocenters. The van der Waals surface area contributed by atoms with Crippen molar-refractivity contribution >= 4 is 12.0 Å². The van der Waals surface area contributed by atoms with Gasteiger partial charge in [0, 0.05) is 25.4 Å². The number of hydrogen-bond donors (Lipinski definition) is 3. The molecule has 0 aliphatic carbocycles. The first kappa shape index (κ1) is 14.0. The minimum atomic E-state index is -0.441. The van der Waals surface area contributed by atoms with Crippen LogP contribution >= 0.6 is 0 Å². The van der Waals surface area contributed by atoms with Crippen LogP contribution in [0.3, 0.4) is 0 Å². The zero-order chi connectivity index (χ0) is 13.2. The van der Waals surface area contributed by atoms with Gasteiger partial charge in [-0.05, 0) is 13.3 Å². The van der Waals surface area contributed by atoms with Crippen molar-refractivity contribution < 1.29 is 14.3 Å². The molecule has 100 valence electrons. The smallest absolute Gasteiger partial charge is 0.325 e. The van der Waals surface area contributed by atoms with Gasteiger partial charge < -0.3 is 20.4 Å². The number of carbonyl (C=O) groups is 2. The Kier molecular flexibility index (Phi) is 6.31. The molecule has 1 rings (SSSR count). The van der Waals surface area contributed by atoms with Gasteiger partial charge in [0.15, 0.2) is 0 Å². The van der Waals surface area contributed by atoms with Crippen LogP contribution in [0.1, 0.15) is 19.2 Å². The molecule has 1 aromatic heterocycles. The van der Waals surface area contributed by atoms with Crippen molar-refractivity contribution in [3.8, 4) is 0 Å². The van der Waals surface area contributed by atoms with E-state index in [0.717, 1.165) is 18.7 Å². The number of urea groups is 1. The van der Waals surface area contributed by atoms with Gasteiger partial charge in [-0.1, -0.05) is 0 Å². The number of ether oxygens (including phenoxy) is 1. The first-order valence-electron chi connectivity index (χ1n) is 5.88. The van der Waals surface area contributed by atoms with Crippen LogP contribution in [0, 0.1) is 0 Å². The average Bonchev–Trinajstić information content (AvgIpc) is 2.85. The molecule has 0 bridgehead atoms. The Morgan fingerprint density at radius 3 is 2.94 bits per heavy atom. The first-order chi connectivity index (χ1) is 8.72. The number of nitrogens with one attached hydrogen (secondary N) is 3. The Morgan fingerprint density at radius 2 is 2.28 bits per heavy atom. The zero-order valence-electron chi connectivity index (χ0n) is 10.4. The molecule has 1 aromatic rings. The lowest BCUT2D eigenvalue weighted by Gasteiger charge is -2.06. The van der Waals surface area contributed by atoms with E-state index in [-0.39, 0.29) is 12.6 Å². The molecule has 7 heteroatoms. The monoisotopic (exact) mass is 254 g/mol. The molecule has 0 aliphatic rings. The maximum atomic E-state index is 11.3. The number of esters is 1. The van der Waals surface area contributed by atoms with E-state index in [1.165, 1.54) is 0 Å². The lowest BCUT2D eigenvalue weighted by atomic mass is 10.3. The lowest BCUT2D eigenvalue weighted by molar-refractivity contribution is -0.141. The standard InChI is InChI=1S/C11H18N4O3/c1-2-18-10(16)8-15-11(17)14-5-3-4-9-12-6-7-13-9/h6-7H,2-5,8H2,1H3,(H,12,13)(H2,14,15,17). The molecule has 1 heterocycles. The third-order valence-electron chi connectivity index (χ3n) is 2.13. The second-order valence-corrected chi connectivity index (χ2v) is 3.55. The molecule has 2 amide bonds. The molecule has 0 radical (unpaired) electrons. The van der Waals surface area contributed by atoms with E-state index in [4.69, 9.17) is 0 Å². The maximum absolute atomic E-state index is 11.3. The summed E-state index contributed by atoms with van der Waals surface area (Å²) in [4.78, 5) is 29.3. The van der Waals surface area contributed by atoms with Gasteiger partial charge in [-0.3, -0.25) is 4.79 Å². The highest BCUT2D eigenvalue weighted by molar-refractivity contribution is 5.80. The zero-order valence-corrected chi connectivity index (χ0v) is 10.4. The first-order valence-corrected chi connectivity index (χ1v) is 5.88. The quantitative estimate of drug-likeness (QED) is 0.478. The van der Waals surface area contributed by atoms with Crippen molar-refractivity contribution in [2.24, 2.45) is 0 Å². The summed E-state index contributed by atoms with van der Waals surface area (Å²) in [7, 11) is 0. The molecule has 7 nitrogen and oxygen atoms in total. The van der Waals surface area contributed by atoms with Gasteiger partial charge in [0.2, 0.25) is 0 Å². The molecule has 3 N–H and O–H groups in total. The molecule has 0 aromatic carbocycles. The van der Waals surface area contributed by atoms with Crippen LogP contribution in [0.25, 0.3) is 0 Å². The maximum Gasteiger partial charge on any atom is 0.325 e. The number of carbonyl (C=O) groups excluding carboxylic acids is 2. The highest BCUT2D eigenvalue weighted by atomic mass is 16.5. The van der Waals surface area contributed by atoms with Crippen LogP contribution in [0.15, 0.2) is 12.4 Å². The van der Waals surface area contributed by atoms with Crippen molar-refractivity contribution in [2.75, 3.05) is 19.7 Å². The third-order valence-corrected chi connectivity index (χ3v) is 2.13. The highest BCUT2D eigenvalue weighted by Gasteiger charge is 2.04. The van der Waals surface area contributed by atoms with Crippen molar-refractivity contribution in [3.63, 3.8) is 0 Å². The Morgan fingerprint density at radius 1 is 1.44 bits per heavy atom. The Labute approximate surface area is 105 Å². The summed E-state index contributed by atoms with van der Waals surface area (Å²) in [5, 5.41) is 5.06. The molecular formula is C11H18N4O3. The van der Waals surface area contributed by atoms with Crippen molar-refractivity contribution in [1.29, 1.82) is 0 Å². The van der Waals surface area contributed by atoms with E-state index in [0.29, 0.717) is 13.2 Å². The summed E-state index contributed by atoms with van der Waals surface area (Å²) in [6.45, 7) is 2.44. The Hall–Kier alpha value is -2.05. The van der Waals surface area contributed by atoms with Gasteiger partial charge in [0.1, 0.15) is 12.4 Å². The van der Waals surface area contributed by atoms with E-state index < -0.39 is 5.97 Å². The van der Waals surface area contributed by atoms with Crippen molar-refractivity contribution in [1.82, 2.24) is 20.6 Å². The number of amides is 2. The van der Waals surface area contributed by atoms with E-state index in [1.807, 2.05) is 0 Å². The number of hydrogen-bond acceptors (Lipinski definition) is 4. The molecule has 0 aliphatic heterocycles.